The highest BCUT2D eigenvalue weighted by molar-refractivity contribution is 5.77. The molecule has 0 saturated carbocycles. The molecule has 37 heavy (non-hydrogen) atoms. The maximum Gasteiger partial charge on any atom is 0.316 e. The zero-order chi connectivity index (χ0) is 25.8. The lowest BCUT2D eigenvalue weighted by Crippen LogP contribution is -2.43. The van der Waals surface area contributed by atoms with E-state index in [-0.39, 0.29) is 19.0 Å². The first-order valence-corrected chi connectivity index (χ1v) is 11.7. The highest BCUT2D eigenvalue weighted by Crippen LogP contribution is 2.36. The van der Waals surface area contributed by atoms with E-state index >= 15 is 0 Å². The maximum atomic E-state index is 13.6. The number of nitrogens with zero attached hydrogens (tertiary/aromatic N) is 3. The molecule has 0 unspecified atom stereocenters. The van der Waals surface area contributed by atoms with Crippen molar-refractivity contribution in [2.24, 2.45) is 5.41 Å². The molecule has 0 amide bonds. The highest BCUT2D eigenvalue weighted by Gasteiger charge is 2.41. The molecule has 1 fully saturated rings. The van der Waals surface area contributed by atoms with E-state index in [2.05, 4.69) is 20.3 Å². The SMILES string of the molecule is COC(=O)C1(C)COC(c2nc(-c3ccc(F)cc3)c(-c3ccnc(NCc4ccccc4)n3)[nH]2)OC1. The van der Waals surface area contributed by atoms with E-state index in [0.717, 1.165) is 5.56 Å². The van der Waals surface area contributed by atoms with Gasteiger partial charge in [-0.1, -0.05) is 30.3 Å². The molecule has 2 aromatic heterocycles. The molecule has 10 heteroatoms. The number of H-pyrrole nitrogens is 1. The van der Waals surface area contributed by atoms with Gasteiger partial charge < -0.3 is 24.5 Å². The Morgan fingerprint density at radius 1 is 1.11 bits per heavy atom. The number of carbonyl (C=O) groups is 1. The van der Waals surface area contributed by atoms with E-state index in [1.165, 1.54) is 19.2 Å². The number of aromatic amines is 1. The van der Waals surface area contributed by atoms with Gasteiger partial charge in [-0.2, -0.15) is 0 Å². The normalized spacial score (nSPS) is 19.4. The summed E-state index contributed by atoms with van der Waals surface area (Å²) in [6.07, 6.45) is 0.822. The molecular weight excluding hydrogens is 477 g/mol. The summed E-state index contributed by atoms with van der Waals surface area (Å²) in [6.45, 7) is 2.49. The lowest BCUT2D eigenvalue weighted by Gasteiger charge is -2.34. The average molecular weight is 504 g/mol. The molecule has 0 bridgehead atoms. The standard InChI is InChI=1S/C27H26FN5O4/c1-27(25(34)35-2)15-36-24(37-16-27)23-32-21(18-8-10-19(28)11-9-18)22(33-23)20-12-13-29-26(31-20)30-14-17-6-4-3-5-7-17/h3-13,24H,14-16H2,1-2H3,(H,32,33)(H,29,30,31). The number of halogens is 1. The van der Waals surface area contributed by atoms with Gasteiger partial charge in [-0.3, -0.25) is 4.79 Å². The van der Waals surface area contributed by atoms with Gasteiger partial charge in [0.25, 0.3) is 0 Å². The number of ether oxygens (including phenoxy) is 3. The second-order valence-corrected chi connectivity index (χ2v) is 8.96. The topological polar surface area (TPSA) is 111 Å². The van der Waals surface area contributed by atoms with Crippen molar-refractivity contribution in [2.45, 2.75) is 19.8 Å². The van der Waals surface area contributed by atoms with Gasteiger partial charge in [0.15, 0.2) is 5.82 Å². The van der Waals surface area contributed by atoms with E-state index in [1.807, 2.05) is 30.3 Å². The summed E-state index contributed by atoms with van der Waals surface area (Å²) in [5.41, 5.74) is 2.60. The van der Waals surface area contributed by atoms with Gasteiger partial charge in [-0.05, 0) is 42.8 Å². The van der Waals surface area contributed by atoms with Gasteiger partial charge in [-0.25, -0.2) is 19.3 Å². The first kappa shape index (κ1) is 24.5. The Morgan fingerprint density at radius 3 is 2.54 bits per heavy atom. The van der Waals surface area contributed by atoms with Crippen LogP contribution in [0.1, 0.15) is 24.6 Å². The molecule has 190 valence electrons. The first-order valence-electron chi connectivity index (χ1n) is 11.7. The summed E-state index contributed by atoms with van der Waals surface area (Å²) in [6, 6.07) is 17.7. The zero-order valence-corrected chi connectivity index (χ0v) is 20.4. The van der Waals surface area contributed by atoms with Crippen molar-refractivity contribution in [1.29, 1.82) is 0 Å². The molecule has 1 saturated heterocycles. The average Bonchev–Trinajstić information content (AvgIpc) is 3.38. The summed E-state index contributed by atoms with van der Waals surface area (Å²) in [7, 11) is 1.33. The third kappa shape index (κ3) is 5.35. The lowest BCUT2D eigenvalue weighted by atomic mass is 9.92. The number of carbonyl (C=O) groups excluding carboxylic acids is 1. The molecule has 2 aromatic carbocycles. The van der Waals surface area contributed by atoms with Crippen LogP contribution in [-0.4, -0.2) is 46.2 Å². The summed E-state index contributed by atoms with van der Waals surface area (Å²) in [4.78, 5) is 29.1. The van der Waals surface area contributed by atoms with E-state index in [9.17, 15) is 9.18 Å². The van der Waals surface area contributed by atoms with Crippen LogP contribution in [-0.2, 0) is 25.5 Å². The molecule has 1 aliphatic rings. The van der Waals surface area contributed by atoms with E-state index in [4.69, 9.17) is 19.2 Å². The Morgan fingerprint density at radius 2 is 1.84 bits per heavy atom. The van der Waals surface area contributed by atoms with Crippen LogP contribution in [0.25, 0.3) is 22.6 Å². The van der Waals surface area contributed by atoms with Gasteiger partial charge in [0.2, 0.25) is 12.2 Å². The van der Waals surface area contributed by atoms with E-state index < -0.39 is 17.7 Å². The third-order valence-electron chi connectivity index (χ3n) is 6.05. The molecule has 2 N–H and O–H groups in total. The molecule has 5 rings (SSSR count). The minimum absolute atomic E-state index is 0.104. The number of aromatic nitrogens is 4. The van der Waals surface area contributed by atoms with Crippen LogP contribution in [0.2, 0.25) is 0 Å². The van der Waals surface area contributed by atoms with Crippen LogP contribution in [0.4, 0.5) is 10.3 Å². The summed E-state index contributed by atoms with van der Waals surface area (Å²) >= 11 is 0. The molecular formula is C27H26FN5O4. The van der Waals surface area contributed by atoms with Crippen LogP contribution in [0, 0.1) is 11.2 Å². The second kappa shape index (κ2) is 10.5. The predicted molar refractivity (Wildman–Crippen MR) is 134 cm³/mol. The number of rotatable bonds is 7. The zero-order valence-electron chi connectivity index (χ0n) is 20.4. The van der Waals surface area contributed by atoms with Crippen molar-refractivity contribution in [3.8, 4) is 22.6 Å². The maximum absolute atomic E-state index is 13.6. The molecule has 9 nitrogen and oxygen atoms in total. The Hall–Kier alpha value is -4.15. The van der Waals surface area contributed by atoms with Crippen molar-refractivity contribution in [3.63, 3.8) is 0 Å². The fourth-order valence-electron chi connectivity index (χ4n) is 4.00. The van der Waals surface area contributed by atoms with E-state index in [1.54, 1.807) is 31.3 Å². The number of benzene rings is 2. The number of hydrogen-bond donors (Lipinski definition) is 2. The molecule has 0 aliphatic carbocycles. The quantitative estimate of drug-likeness (QED) is 0.355. The van der Waals surface area contributed by atoms with Crippen LogP contribution >= 0.6 is 0 Å². The van der Waals surface area contributed by atoms with Crippen LogP contribution in [0.5, 0.6) is 0 Å². The van der Waals surface area contributed by atoms with Gasteiger partial charge in [0.1, 0.15) is 11.2 Å². The van der Waals surface area contributed by atoms with Crippen molar-refractivity contribution < 1.29 is 23.4 Å². The monoisotopic (exact) mass is 503 g/mol. The first-order chi connectivity index (χ1) is 17.9. The van der Waals surface area contributed by atoms with E-state index in [0.29, 0.717) is 41.0 Å². The van der Waals surface area contributed by atoms with Gasteiger partial charge in [-0.15, -0.1) is 0 Å². The number of hydrogen-bond acceptors (Lipinski definition) is 8. The Labute approximate surface area is 213 Å². The molecule has 1 aliphatic heterocycles. The van der Waals surface area contributed by atoms with Crippen LogP contribution in [0.3, 0.4) is 0 Å². The molecule has 0 spiro atoms. The largest absolute Gasteiger partial charge is 0.468 e. The third-order valence-corrected chi connectivity index (χ3v) is 6.05. The molecule has 0 radical (unpaired) electrons. The highest BCUT2D eigenvalue weighted by atomic mass is 19.1. The minimum atomic E-state index is -0.910. The fourth-order valence-corrected chi connectivity index (χ4v) is 4.00. The Kier molecular flexibility index (Phi) is 6.93. The van der Waals surface area contributed by atoms with Crippen molar-refractivity contribution >= 4 is 11.9 Å². The minimum Gasteiger partial charge on any atom is -0.468 e. The second-order valence-electron chi connectivity index (χ2n) is 8.96. The van der Waals surface area contributed by atoms with Crippen molar-refractivity contribution in [2.75, 3.05) is 25.6 Å². The Bertz CT molecular complexity index is 1370. The number of methoxy groups -OCH3 is 1. The predicted octanol–water partition coefficient (Wildman–Crippen LogP) is 4.51. The summed E-state index contributed by atoms with van der Waals surface area (Å²) in [5, 5.41) is 3.23. The smallest absolute Gasteiger partial charge is 0.316 e. The molecule has 0 atom stereocenters. The van der Waals surface area contributed by atoms with Gasteiger partial charge in [0.05, 0.1) is 37.4 Å². The summed E-state index contributed by atoms with van der Waals surface area (Å²) < 4.78 is 30.2. The number of esters is 1. The van der Waals surface area contributed by atoms with Crippen LogP contribution < -0.4 is 5.32 Å². The summed E-state index contributed by atoms with van der Waals surface area (Å²) in [5.74, 6) is 0.0892. The number of anilines is 1. The van der Waals surface area contributed by atoms with Crippen molar-refractivity contribution in [3.05, 3.63) is 84.1 Å². The van der Waals surface area contributed by atoms with Gasteiger partial charge in [0, 0.05) is 18.3 Å². The molecule has 3 heterocycles. The van der Waals surface area contributed by atoms with Gasteiger partial charge >= 0.3 is 5.97 Å². The lowest BCUT2D eigenvalue weighted by molar-refractivity contribution is -0.237. The fraction of sp³-hybridized carbons (Fsp3) is 0.259. The molecule has 4 aromatic rings. The number of nitrogens with one attached hydrogen (secondary N) is 2. The number of imidazole rings is 1. The Balaban J connectivity index is 1.44. The van der Waals surface area contributed by atoms with Crippen molar-refractivity contribution in [1.82, 2.24) is 19.9 Å². The van der Waals surface area contributed by atoms with Crippen LogP contribution in [0.15, 0.2) is 66.9 Å².